The Morgan fingerprint density at radius 1 is 1.16 bits per heavy atom. The van der Waals surface area contributed by atoms with Crippen molar-refractivity contribution in [2.24, 2.45) is 0 Å². The van der Waals surface area contributed by atoms with Crippen LogP contribution in [0.5, 0.6) is 0 Å². The molecule has 2 rings (SSSR count). The Balaban J connectivity index is 2.41. The van der Waals surface area contributed by atoms with E-state index in [4.69, 9.17) is 0 Å². The molecule has 0 saturated carbocycles. The summed E-state index contributed by atoms with van der Waals surface area (Å²) in [6, 6.07) is 13.4. The van der Waals surface area contributed by atoms with Gasteiger partial charge < -0.3 is 5.32 Å². The molecule has 0 saturated heterocycles. The molecule has 1 atom stereocenters. The Labute approximate surface area is 120 Å². The van der Waals surface area contributed by atoms with E-state index in [1.54, 1.807) is 0 Å². The first-order valence-electron chi connectivity index (χ1n) is 6.90. The van der Waals surface area contributed by atoms with Crippen LogP contribution in [0.1, 0.15) is 42.8 Å². The molecule has 1 N–H and O–H groups in total. The average Bonchev–Trinajstić information content (AvgIpc) is 2.83. The van der Waals surface area contributed by atoms with Crippen LogP contribution >= 0.6 is 11.3 Å². The van der Waals surface area contributed by atoms with E-state index in [-0.39, 0.29) is 5.41 Å². The van der Waals surface area contributed by atoms with Crippen molar-refractivity contribution in [3.05, 3.63) is 57.8 Å². The van der Waals surface area contributed by atoms with Crippen LogP contribution in [0.4, 0.5) is 0 Å². The molecule has 1 nitrogen and oxygen atoms in total. The van der Waals surface area contributed by atoms with E-state index in [0.717, 1.165) is 6.54 Å². The van der Waals surface area contributed by atoms with Gasteiger partial charge in [0.25, 0.3) is 0 Å². The maximum absolute atomic E-state index is 3.68. The van der Waals surface area contributed by atoms with Crippen molar-refractivity contribution in [1.82, 2.24) is 5.32 Å². The third-order valence-electron chi connectivity index (χ3n) is 3.81. The van der Waals surface area contributed by atoms with Gasteiger partial charge in [-0.1, -0.05) is 51.1 Å². The van der Waals surface area contributed by atoms with Crippen molar-refractivity contribution in [2.75, 3.05) is 6.54 Å². The van der Waals surface area contributed by atoms with E-state index in [1.165, 1.54) is 16.0 Å². The van der Waals surface area contributed by atoms with Gasteiger partial charge in [0.2, 0.25) is 0 Å². The lowest BCUT2D eigenvalue weighted by Gasteiger charge is -2.35. The van der Waals surface area contributed by atoms with Crippen LogP contribution in [0.3, 0.4) is 0 Å². The second kappa shape index (κ2) is 5.89. The van der Waals surface area contributed by atoms with Gasteiger partial charge in [0.15, 0.2) is 0 Å². The number of hydrogen-bond acceptors (Lipinski definition) is 2. The van der Waals surface area contributed by atoms with E-state index >= 15 is 0 Å². The monoisotopic (exact) mass is 273 g/mol. The predicted octanol–water partition coefficient (Wildman–Crippen LogP) is 4.68. The maximum Gasteiger partial charge on any atom is 0.0510 e. The Kier molecular flexibility index (Phi) is 4.43. The number of likely N-dealkylation sites (N-methyl/N-ethyl adjacent to an activating group) is 1. The molecular weight excluding hydrogens is 250 g/mol. The highest BCUT2D eigenvalue weighted by atomic mass is 32.1. The van der Waals surface area contributed by atoms with Crippen molar-refractivity contribution in [3.63, 3.8) is 0 Å². The standard InChI is InChI=1S/C17H23NS/c1-5-18-16(15-13(2)11-12-19-15)17(3,4)14-9-7-6-8-10-14/h6-12,16,18H,5H2,1-4H3. The van der Waals surface area contributed by atoms with E-state index < -0.39 is 0 Å². The zero-order chi connectivity index (χ0) is 13.9. The molecule has 102 valence electrons. The fourth-order valence-electron chi connectivity index (χ4n) is 2.59. The lowest BCUT2D eigenvalue weighted by atomic mass is 9.76. The molecule has 19 heavy (non-hydrogen) atoms. The fourth-order valence-corrected chi connectivity index (χ4v) is 3.78. The molecular formula is C17H23NS. The molecule has 0 aliphatic heterocycles. The summed E-state index contributed by atoms with van der Waals surface area (Å²) < 4.78 is 0. The van der Waals surface area contributed by atoms with Gasteiger partial charge in [0, 0.05) is 10.3 Å². The molecule has 0 aliphatic carbocycles. The highest BCUT2D eigenvalue weighted by Gasteiger charge is 2.33. The Morgan fingerprint density at radius 3 is 2.37 bits per heavy atom. The zero-order valence-electron chi connectivity index (χ0n) is 12.2. The van der Waals surface area contributed by atoms with Crippen molar-refractivity contribution in [2.45, 2.75) is 39.2 Å². The van der Waals surface area contributed by atoms with Gasteiger partial charge in [-0.05, 0) is 36.0 Å². The third kappa shape index (κ3) is 2.90. The molecule has 1 aromatic heterocycles. The molecule has 2 aromatic rings. The quantitative estimate of drug-likeness (QED) is 0.833. The molecule has 0 bridgehead atoms. The van der Waals surface area contributed by atoms with E-state index in [9.17, 15) is 0 Å². The Bertz CT molecular complexity index is 513. The Morgan fingerprint density at radius 2 is 1.84 bits per heavy atom. The number of hydrogen-bond donors (Lipinski definition) is 1. The summed E-state index contributed by atoms with van der Waals surface area (Å²) in [6.07, 6.45) is 0. The lowest BCUT2D eigenvalue weighted by Crippen LogP contribution is -2.37. The topological polar surface area (TPSA) is 12.0 Å². The predicted molar refractivity (Wildman–Crippen MR) is 84.9 cm³/mol. The summed E-state index contributed by atoms with van der Waals surface area (Å²) in [5, 5.41) is 5.87. The number of aryl methyl sites for hydroxylation is 1. The van der Waals surface area contributed by atoms with Gasteiger partial charge >= 0.3 is 0 Å². The van der Waals surface area contributed by atoms with Gasteiger partial charge in [-0.15, -0.1) is 11.3 Å². The molecule has 1 unspecified atom stereocenters. The summed E-state index contributed by atoms with van der Waals surface area (Å²) in [4.78, 5) is 1.45. The van der Waals surface area contributed by atoms with Crippen molar-refractivity contribution in [3.8, 4) is 0 Å². The minimum Gasteiger partial charge on any atom is -0.309 e. The number of benzene rings is 1. The molecule has 0 radical (unpaired) electrons. The summed E-state index contributed by atoms with van der Waals surface area (Å²) >= 11 is 1.86. The van der Waals surface area contributed by atoms with Crippen LogP contribution in [0.25, 0.3) is 0 Å². The first-order chi connectivity index (χ1) is 9.07. The van der Waals surface area contributed by atoms with E-state index in [0.29, 0.717) is 6.04 Å². The highest BCUT2D eigenvalue weighted by Crippen LogP contribution is 2.39. The first-order valence-corrected chi connectivity index (χ1v) is 7.78. The largest absolute Gasteiger partial charge is 0.309 e. The van der Waals surface area contributed by atoms with Crippen LogP contribution in [-0.4, -0.2) is 6.54 Å². The summed E-state index contributed by atoms with van der Waals surface area (Å²) in [6.45, 7) is 10.0. The SMILES string of the molecule is CCNC(c1sccc1C)C(C)(C)c1ccccc1. The molecule has 1 aromatic carbocycles. The van der Waals surface area contributed by atoms with Crippen molar-refractivity contribution >= 4 is 11.3 Å². The molecule has 0 fully saturated rings. The minimum absolute atomic E-state index is 0.0763. The number of nitrogens with one attached hydrogen (secondary N) is 1. The normalized spacial score (nSPS) is 13.5. The second-order valence-electron chi connectivity index (χ2n) is 5.55. The van der Waals surface area contributed by atoms with Crippen molar-refractivity contribution in [1.29, 1.82) is 0 Å². The Hall–Kier alpha value is -1.12. The van der Waals surface area contributed by atoms with Crippen LogP contribution < -0.4 is 5.32 Å². The van der Waals surface area contributed by atoms with Crippen LogP contribution in [-0.2, 0) is 5.41 Å². The van der Waals surface area contributed by atoms with Gasteiger partial charge in [-0.25, -0.2) is 0 Å². The van der Waals surface area contributed by atoms with Gasteiger partial charge in [0.1, 0.15) is 0 Å². The molecule has 2 heteroatoms. The second-order valence-corrected chi connectivity index (χ2v) is 6.49. The highest BCUT2D eigenvalue weighted by molar-refractivity contribution is 7.10. The summed E-state index contributed by atoms with van der Waals surface area (Å²) in [5.41, 5.74) is 2.85. The van der Waals surface area contributed by atoms with Gasteiger partial charge in [-0.3, -0.25) is 0 Å². The van der Waals surface area contributed by atoms with E-state index in [1.807, 2.05) is 11.3 Å². The lowest BCUT2D eigenvalue weighted by molar-refractivity contribution is 0.358. The third-order valence-corrected chi connectivity index (χ3v) is 4.90. The zero-order valence-corrected chi connectivity index (χ0v) is 13.1. The number of thiophene rings is 1. The summed E-state index contributed by atoms with van der Waals surface area (Å²) in [5.74, 6) is 0. The van der Waals surface area contributed by atoms with Gasteiger partial charge in [-0.2, -0.15) is 0 Å². The minimum atomic E-state index is 0.0763. The smallest absolute Gasteiger partial charge is 0.0510 e. The molecule has 0 aliphatic rings. The average molecular weight is 273 g/mol. The van der Waals surface area contributed by atoms with Crippen LogP contribution in [0.2, 0.25) is 0 Å². The maximum atomic E-state index is 3.68. The van der Waals surface area contributed by atoms with Crippen LogP contribution in [0, 0.1) is 6.92 Å². The van der Waals surface area contributed by atoms with Crippen molar-refractivity contribution < 1.29 is 0 Å². The molecule has 0 spiro atoms. The fraction of sp³-hybridized carbons (Fsp3) is 0.412. The van der Waals surface area contributed by atoms with Crippen LogP contribution in [0.15, 0.2) is 41.8 Å². The molecule has 1 heterocycles. The number of rotatable bonds is 5. The van der Waals surface area contributed by atoms with Gasteiger partial charge in [0.05, 0.1) is 6.04 Å². The first kappa shape index (κ1) is 14.3. The van der Waals surface area contributed by atoms with E-state index in [2.05, 4.69) is 74.8 Å². The molecule has 0 amide bonds. The summed E-state index contributed by atoms with van der Waals surface area (Å²) in [7, 11) is 0.